The lowest BCUT2D eigenvalue weighted by Gasteiger charge is -2.21. The largest absolute Gasteiger partial charge is 0.439 e. The minimum atomic E-state index is -0.253. The summed E-state index contributed by atoms with van der Waals surface area (Å²) in [5, 5.41) is 14.7. The maximum Gasteiger partial charge on any atom is 0.315 e. The number of carbonyl (C=O) groups excluding carboxylic acids is 1. The number of aliphatic hydroxyl groups excluding tert-OH is 1. The molecule has 0 radical (unpaired) electrons. The minimum absolute atomic E-state index is 0.107. The van der Waals surface area contributed by atoms with Crippen LogP contribution >= 0.6 is 0 Å². The molecule has 0 aliphatic heterocycles. The lowest BCUT2D eigenvalue weighted by atomic mass is 9.89. The van der Waals surface area contributed by atoms with Gasteiger partial charge in [0.25, 0.3) is 0 Å². The van der Waals surface area contributed by atoms with Crippen molar-refractivity contribution in [2.45, 2.75) is 33.2 Å². The van der Waals surface area contributed by atoms with Gasteiger partial charge in [0, 0.05) is 18.7 Å². The third kappa shape index (κ3) is 5.70. The van der Waals surface area contributed by atoms with Crippen LogP contribution in [0, 0.1) is 5.41 Å². The van der Waals surface area contributed by atoms with E-state index in [1.165, 1.54) is 0 Å². The van der Waals surface area contributed by atoms with Crippen LogP contribution in [-0.4, -0.2) is 29.3 Å². The molecule has 0 atom stereocenters. The highest BCUT2D eigenvalue weighted by Gasteiger charge is 2.15. The number of aromatic nitrogens is 1. The monoisotopic (exact) mass is 331 g/mol. The van der Waals surface area contributed by atoms with E-state index in [9.17, 15) is 9.90 Å². The Morgan fingerprint density at radius 1 is 1.25 bits per heavy atom. The van der Waals surface area contributed by atoms with Gasteiger partial charge in [-0.15, -0.1) is 0 Å². The number of hydrogen-bond donors (Lipinski definition) is 3. The van der Waals surface area contributed by atoms with Gasteiger partial charge in [-0.1, -0.05) is 44.2 Å². The minimum Gasteiger partial charge on any atom is -0.439 e. The SMILES string of the molecule is CC(C)(CO)CCCNC(=O)NCc1ncc(-c2ccccc2)o1. The third-order valence-corrected chi connectivity index (χ3v) is 3.76. The number of benzene rings is 1. The van der Waals surface area contributed by atoms with E-state index in [1.54, 1.807) is 6.20 Å². The second kappa shape index (κ2) is 8.49. The molecule has 0 aliphatic rings. The van der Waals surface area contributed by atoms with Gasteiger partial charge in [-0.2, -0.15) is 0 Å². The zero-order valence-electron chi connectivity index (χ0n) is 14.2. The molecule has 0 saturated heterocycles. The Balaban J connectivity index is 1.70. The van der Waals surface area contributed by atoms with Crippen LogP contribution in [0.25, 0.3) is 11.3 Å². The molecule has 130 valence electrons. The van der Waals surface area contributed by atoms with Gasteiger partial charge in [-0.3, -0.25) is 0 Å². The van der Waals surface area contributed by atoms with Crippen molar-refractivity contribution in [2.75, 3.05) is 13.2 Å². The molecule has 0 saturated carbocycles. The summed E-state index contributed by atoms with van der Waals surface area (Å²) in [6, 6.07) is 9.43. The molecule has 0 fully saturated rings. The highest BCUT2D eigenvalue weighted by atomic mass is 16.4. The summed E-state index contributed by atoms with van der Waals surface area (Å²) in [5.41, 5.74) is 0.844. The highest BCUT2D eigenvalue weighted by Crippen LogP contribution is 2.20. The number of urea groups is 1. The molecule has 1 heterocycles. The van der Waals surface area contributed by atoms with Crippen molar-refractivity contribution in [1.82, 2.24) is 15.6 Å². The summed E-state index contributed by atoms with van der Waals surface area (Å²) in [6.45, 7) is 4.95. The normalized spacial score (nSPS) is 11.3. The molecule has 0 unspecified atom stereocenters. The predicted molar refractivity (Wildman–Crippen MR) is 92.3 cm³/mol. The molecule has 1 aromatic heterocycles. The number of rotatable bonds is 8. The molecule has 2 aromatic rings. The Bertz CT molecular complexity index is 638. The smallest absolute Gasteiger partial charge is 0.315 e. The quantitative estimate of drug-likeness (QED) is 0.649. The van der Waals surface area contributed by atoms with Crippen LogP contribution in [0.2, 0.25) is 0 Å². The first kappa shape index (κ1) is 18.0. The average molecular weight is 331 g/mol. The molecule has 0 aliphatic carbocycles. The van der Waals surface area contributed by atoms with Crippen LogP contribution in [-0.2, 0) is 6.54 Å². The van der Waals surface area contributed by atoms with Gasteiger partial charge < -0.3 is 20.2 Å². The average Bonchev–Trinajstić information content (AvgIpc) is 3.07. The Morgan fingerprint density at radius 3 is 2.71 bits per heavy atom. The van der Waals surface area contributed by atoms with Gasteiger partial charge >= 0.3 is 6.03 Å². The number of oxazole rings is 1. The molecule has 1 aromatic carbocycles. The van der Waals surface area contributed by atoms with Crippen LogP contribution < -0.4 is 10.6 Å². The summed E-state index contributed by atoms with van der Waals surface area (Å²) in [5.74, 6) is 1.14. The van der Waals surface area contributed by atoms with Crippen LogP contribution in [0.5, 0.6) is 0 Å². The molecule has 0 bridgehead atoms. The molecule has 2 rings (SSSR count). The van der Waals surface area contributed by atoms with E-state index in [2.05, 4.69) is 15.6 Å². The third-order valence-electron chi connectivity index (χ3n) is 3.76. The van der Waals surface area contributed by atoms with E-state index in [0.717, 1.165) is 18.4 Å². The fraction of sp³-hybridized carbons (Fsp3) is 0.444. The summed E-state index contributed by atoms with van der Waals surface area (Å²) in [7, 11) is 0. The fourth-order valence-electron chi connectivity index (χ4n) is 2.19. The maximum atomic E-state index is 11.7. The van der Waals surface area contributed by atoms with E-state index >= 15 is 0 Å². The lowest BCUT2D eigenvalue weighted by Crippen LogP contribution is -2.36. The molecular formula is C18H25N3O3. The number of hydrogen-bond acceptors (Lipinski definition) is 4. The summed E-state index contributed by atoms with van der Waals surface area (Å²) in [4.78, 5) is 15.9. The van der Waals surface area contributed by atoms with Crippen LogP contribution in [0.3, 0.4) is 0 Å². The van der Waals surface area contributed by atoms with E-state index in [4.69, 9.17) is 4.42 Å². The zero-order valence-corrected chi connectivity index (χ0v) is 14.2. The van der Waals surface area contributed by atoms with Crippen molar-refractivity contribution in [1.29, 1.82) is 0 Å². The Labute approximate surface area is 142 Å². The Kier molecular flexibility index (Phi) is 6.37. The molecule has 6 nitrogen and oxygen atoms in total. The van der Waals surface area contributed by atoms with Gasteiger partial charge in [-0.05, 0) is 18.3 Å². The lowest BCUT2D eigenvalue weighted by molar-refractivity contribution is 0.148. The molecule has 24 heavy (non-hydrogen) atoms. The Morgan fingerprint density at radius 2 is 2.00 bits per heavy atom. The maximum absolute atomic E-state index is 11.7. The van der Waals surface area contributed by atoms with Gasteiger partial charge in [-0.25, -0.2) is 9.78 Å². The number of aliphatic hydroxyl groups is 1. The topological polar surface area (TPSA) is 87.4 Å². The summed E-state index contributed by atoms with van der Waals surface area (Å²) < 4.78 is 5.62. The number of amides is 2. The second-order valence-electron chi connectivity index (χ2n) is 6.52. The fourth-order valence-corrected chi connectivity index (χ4v) is 2.19. The predicted octanol–water partition coefficient (Wildman–Crippen LogP) is 2.94. The van der Waals surface area contributed by atoms with E-state index in [-0.39, 0.29) is 24.6 Å². The van der Waals surface area contributed by atoms with Gasteiger partial charge in [0.15, 0.2) is 5.76 Å². The standard InChI is InChI=1S/C18H25N3O3/c1-18(2,13-22)9-6-10-19-17(23)21-12-16-20-11-15(24-16)14-7-4-3-5-8-14/h3-5,7-8,11,22H,6,9-10,12-13H2,1-2H3,(H2,19,21,23). The van der Waals surface area contributed by atoms with Crippen LogP contribution in [0.15, 0.2) is 40.9 Å². The first-order valence-electron chi connectivity index (χ1n) is 8.13. The molecular weight excluding hydrogens is 306 g/mol. The van der Waals surface area contributed by atoms with Crippen molar-refractivity contribution in [3.05, 3.63) is 42.4 Å². The summed E-state index contributed by atoms with van der Waals surface area (Å²) in [6.07, 6.45) is 3.32. The van der Waals surface area contributed by atoms with Gasteiger partial charge in [0.05, 0.1) is 12.7 Å². The molecule has 3 N–H and O–H groups in total. The van der Waals surface area contributed by atoms with E-state index in [1.807, 2.05) is 44.2 Å². The molecule has 0 spiro atoms. The number of nitrogens with zero attached hydrogens (tertiary/aromatic N) is 1. The second-order valence-corrected chi connectivity index (χ2v) is 6.52. The number of nitrogens with one attached hydrogen (secondary N) is 2. The van der Waals surface area contributed by atoms with Crippen molar-refractivity contribution in [2.24, 2.45) is 5.41 Å². The van der Waals surface area contributed by atoms with Crippen molar-refractivity contribution >= 4 is 6.03 Å². The highest BCUT2D eigenvalue weighted by molar-refractivity contribution is 5.73. The van der Waals surface area contributed by atoms with Crippen molar-refractivity contribution < 1.29 is 14.3 Å². The van der Waals surface area contributed by atoms with Crippen molar-refractivity contribution in [3.8, 4) is 11.3 Å². The number of carbonyl (C=O) groups is 1. The van der Waals surface area contributed by atoms with E-state index < -0.39 is 0 Å². The van der Waals surface area contributed by atoms with Crippen LogP contribution in [0.1, 0.15) is 32.6 Å². The van der Waals surface area contributed by atoms with Gasteiger partial charge in [0.2, 0.25) is 5.89 Å². The van der Waals surface area contributed by atoms with Gasteiger partial charge in [0.1, 0.15) is 0 Å². The van der Waals surface area contributed by atoms with Crippen LogP contribution in [0.4, 0.5) is 4.79 Å². The zero-order chi connectivity index (χ0) is 17.4. The molecule has 2 amide bonds. The Hall–Kier alpha value is -2.34. The van der Waals surface area contributed by atoms with E-state index in [0.29, 0.717) is 18.2 Å². The molecule has 6 heteroatoms. The first-order chi connectivity index (χ1) is 11.5. The first-order valence-corrected chi connectivity index (χ1v) is 8.13. The summed E-state index contributed by atoms with van der Waals surface area (Å²) >= 11 is 0. The van der Waals surface area contributed by atoms with Crippen molar-refractivity contribution in [3.63, 3.8) is 0 Å².